The van der Waals surface area contributed by atoms with E-state index in [1.54, 1.807) is 12.1 Å². The first-order valence-corrected chi connectivity index (χ1v) is 6.72. The Labute approximate surface area is 117 Å². The van der Waals surface area contributed by atoms with Gasteiger partial charge >= 0.3 is 5.97 Å². The highest BCUT2D eigenvalue weighted by molar-refractivity contribution is 5.85. The van der Waals surface area contributed by atoms with E-state index in [1.165, 1.54) is 12.1 Å². The van der Waals surface area contributed by atoms with Crippen molar-refractivity contribution in [1.29, 1.82) is 0 Å². The second-order valence-electron chi connectivity index (χ2n) is 5.47. The van der Waals surface area contributed by atoms with Gasteiger partial charge in [0.15, 0.2) is 0 Å². The molecule has 3 unspecified atom stereocenters. The van der Waals surface area contributed by atoms with Gasteiger partial charge in [0.1, 0.15) is 5.82 Å². The lowest BCUT2D eigenvalue weighted by Gasteiger charge is -2.15. The van der Waals surface area contributed by atoms with E-state index in [1.807, 2.05) is 6.92 Å². The Kier molecular flexibility index (Phi) is 4.37. The molecule has 0 saturated heterocycles. The molecule has 1 aliphatic rings. The monoisotopic (exact) mass is 279 g/mol. The Morgan fingerprint density at radius 1 is 1.25 bits per heavy atom. The van der Waals surface area contributed by atoms with Crippen LogP contribution in [0.3, 0.4) is 0 Å². The van der Waals surface area contributed by atoms with Gasteiger partial charge in [0.25, 0.3) is 0 Å². The zero-order valence-corrected chi connectivity index (χ0v) is 11.3. The summed E-state index contributed by atoms with van der Waals surface area (Å²) in [6, 6.07) is 5.86. The van der Waals surface area contributed by atoms with E-state index < -0.39 is 17.8 Å². The number of carbonyl (C=O) groups is 2. The molecule has 1 amide bonds. The molecular weight excluding hydrogens is 261 g/mol. The van der Waals surface area contributed by atoms with Gasteiger partial charge in [0, 0.05) is 6.54 Å². The highest BCUT2D eigenvalue weighted by Gasteiger charge is 2.40. The molecule has 4 nitrogen and oxygen atoms in total. The number of carboxylic acid groups (broad SMARTS) is 1. The van der Waals surface area contributed by atoms with Crippen molar-refractivity contribution in [2.24, 2.45) is 17.8 Å². The molecule has 0 aromatic heterocycles. The lowest BCUT2D eigenvalue weighted by atomic mass is 9.95. The molecule has 0 bridgehead atoms. The maximum Gasteiger partial charge on any atom is 0.307 e. The topological polar surface area (TPSA) is 66.4 Å². The van der Waals surface area contributed by atoms with Crippen molar-refractivity contribution < 1.29 is 19.1 Å². The van der Waals surface area contributed by atoms with Crippen molar-refractivity contribution in [1.82, 2.24) is 5.32 Å². The van der Waals surface area contributed by atoms with E-state index in [0.29, 0.717) is 12.8 Å². The van der Waals surface area contributed by atoms with Crippen LogP contribution in [0, 0.1) is 23.6 Å². The fraction of sp³-hybridized carbons (Fsp3) is 0.467. The molecule has 5 heteroatoms. The Hall–Kier alpha value is -1.91. The first-order chi connectivity index (χ1) is 9.47. The molecular formula is C15H18FNO3. The van der Waals surface area contributed by atoms with Crippen LogP contribution in [0.5, 0.6) is 0 Å². The first kappa shape index (κ1) is 14.5. The van der Waals surface area contributed by atoms with E-state index in [0.717, 1.165) is 5.56 Å². The molecule has 108 valence electrons. The molecule has 1 aromatic rings. The van der Waals surface area contributed by atoms with Crippen molar-refractivity contribution in [3.63, 3.8) is 0 Å². The maximum absolute atomic E-state index is 12.8. The Balaban J connectivity index is 1.94. The number of hydrogen-bond donors (Lipinski definition) is 2. The Morgan fingerprint density at radius 2 is 1.85 bits per heavy atom. The van der Waals surface area contributed by atoms with Crippen LogP contribution < -0.4 is 5.32 Å². The van der Waals surface area contributed by atoms with Crippen molar-refractivity contribution >= 4 is 11.9 Å². The van der Waals surface area contributed by atoms with Crippen LogP contribution in [-0.2, 0) is 16.1 Å². The van der Waals surface area contributed by atoms with Crippen LogP contribution in [0.15, 0.2) is 24.3 Å². The summed E-state index contributed by atoms with van der Waals surface area (Å²) in [6.07, 6.45) is 1.15. The normalized spacial score (nSPS) is 25.4. The largest absolute Gasteiger partial charge is 0.481 e. The molecule has 0 radical (unpaired) electrons. The van der Waals surface area contributed by atoms with Gasteiger partial charge in [-0.05, 0) is 36.5 Å². The quantitative estimate of drug-likeness (QED) is 0.887. The van der Waals surface area contributed by atoms with E-state index in [2.05, 4.69) is 5.32 Å². The zero-order valence-electron chi connectivity index (χ0n) is 11.3. The molecule has 1 aliphatic carbocycles. The number of halogens is 1. The molecule has 0 aliphatic heterocycles. The number of benzene rings is 1. The van der Waals surface area contributed by atoms with Crippen molar-refractivity contribution in [2.45, 2.75) is 26.3 Å². The summed E-state index contributed by atoms with van der Waals surface area (Å²) in [5.41, 5.74) is 0.790. The van der Waals surface area contributed by atoms with Crippen molar-refractivity contribution in [2.75, 3.05) is 0 Å². The molecule has 1 aromatic carbocycles. The summed E-state index contributed by atoms with van der Waals surface area (Å²) in [5.74, 6) is -2.28. The number of rotatable bonds is 4. The van der Waals surface area contributed by atoms with E-state index >= 15 is 0 Å². The van der Waals surface area contributed by atoms with Gasteiger partial charge < -0.3 is 10.4 Å². The number of hydrogen-bond acceptors (Lipinski definition) is 2. The molecule has 20 heavy (non-hydrogen) atoms. The summed E-state index contributed by atoms with van der Waals surface area (Å²) in [5, 5.41) is 11.9. The second kappa shape index (κ2) is 6.03. The maximum atomic E-state index is 12.8. The minimum Gasteiger partial charge on any atom is -0.481 e. The fourth-order valence-corrected chi connectivity index (χ4v) is 2.78. The minimum absolute atomic E-state index is 0.230. The standard InChI is InChI=1S/C15H18FNO3/c1-9-6-12(13(7-9)15(19)20)14(18)17-8-10-2-4-11(16)5-3-10/h2-5,9,12-13H,6-8H2,1H3,(H,17,18)(H,19,20). The number of aliphatic carboxylic acids is 1. The van der Waals surface area contributed by atoms with Gasteiger partial charge in [0.05, 0.1) is 11.8 Å². The summed E-state index contributed by atoms with van der Waals surface area (Å²) in [6.45, 7) is 2.25. The van der Waals surface area contributed by atoms with E-state index in [4.69, 9.17) is 5.11 Å². The fourth-order valence-electron chi connectivity index (χ4n) is 2.78. The molecule has 2 rings (SSSR count). The van der Waals surface area contributed by atoms with Crippen LogP contribution in [0.25, 0.3) is 0 Å². The smallest absolute Gasteiger partial charge is 0.307 e. The van der Waals surface area contributed by atoms with Gasteiger partial charge in [-0.3, -0.25) is 9.59 Å². The SMILES string of the molecule is CC1CC(C(=O)O)C(C(=O)NCc2ccc(F)cc2)C1. The number of carboxylic acids is 1. The molecule has 0 heterocycles. The van der Waals surface area contributed by atoms with Crippen LogP contribution in [-0.4, -0.2) is 17.0 Å². The average molecular weight is 279 g/mol. The van der Waals surface area contributed by atoms with E-state index in [9.17, 15) is 14.0 Å². The highest BCUT2D eigenvalue weighted by atomic mass is 19.1. The minimum atomic E-state index is -0.906. The summed E-state index contributed by atoms with van der Waals surface area (Å²) < 4.78 is 12.8. The Bertz CT molecular complexity index is 500. The molecule has 3 atom stereocenters. The number of amides is 1. The number of carbonyl (C=O) groups excluding carboxylic acids is 1. The average Bonchev–Trinajstić information content (AvgIpc) is 2.80. The molecule has 0 spiro atoms. The number of nitrogens with one attached hydrogen (secondary N) is 1. The second-order valence-corrected chi connectivity index (χ2v) is 5.47. The van der Waals surface area contributed by atoms with Crippen LogP contribution >= 0.6 is 0 Å². The zero-order chi connectivity index (χ0) is 14.7. The van der Waals surface area contributed by atoms with Crippen molar-refractivity contribution in [3.05, 3.63) is 35.6 Å². The first-order valence-electron chi connectivity index (χ1n) is 6.72. The predicted molar refractivity (Wildman–Crippen MR) is 71.3 cm³/mol. The molecule has 2 N–H and O–H groups in total. The summed E-state index contributed by atoms with van der Waals surface area (Å²) >= 11 is 0. The lowest BCUT2D eigenvalue weighted by molar-refractivity contribution is -0.146. The Morgan fingerprint density at radius 3 is 2.45 bits per heavy atom. The van der Waals surface area contributed by atoms with Gasteiger partial charge in [-0.2, -0.15) is 0 Å². The third kappa shape index (κ3) is 3.35. The van der Waals surface area contributed by atoms with Crippen molar-refractivity contribution in [3.8, 4) is 0 Å². The van der Waals surface area contributed by atoms with Gasteiger partial charge in [-0.1, -0.05) is 19.1 Å². The van der Waals surface area contributed by atoms with E-state index in [-0.39, 0.29) is 24.2 Å². The van der Waals surface area contributed by atoms with Gasteiger partial charge in [0.2, 0.25) is 5.91 Å². The molecule has 1 saturated carbocycles. The van der Waals surface area contributed by atoms with Gasteiger partial charge in [-0.15, -0.1) is 0 Å². The van der Waals surface area contributed by atoms with Crippen LogP contribution in [0.2, 0.25) is 0 Å². The van der Waals surface area contributed by atoms with Crippen LogP contribution in [0.4, 0.5) is 4.39 Å². The molecule has 1 fully saturated rings. The summed E-state index contributed by atoms with van der Waals surface area (Å²) in [4.78, 5) is 23.2. The summed E-state index contributed by atoms with van der Waals surface area (Å²) in [7, 11) is 0. The van der Waals surface area contributed by atoms with Gasteiger partial charge in [-0.25, -0.2) is 4.39 Å². The third-order valence-corrected chi connectivity index (χ3v) is 3.83. The highest BCUT2D eigenvalue weighted by Crippen LogP contribution is 2.36. The lowest BCUT2D eigenvalue weighted by Crippen LogP contribution is -2.34. The third-order valence-electron chi connectivity index (χ3n) is 3.83. The van der Waals surface area contributed by atoms with Crippen LogP contribution in [0.1, 0.15) is 25.3 Å². The predicted octanol–water partition coefficient (Wildman–Crippen LogP) is 2.19.